The number of benzene rings is 1. The zero-order valence-electron chi connectivity index (χ0n) is 13.5. The summed E-state index contributed by atoms with van der Waals surface area (Å²) in [6.07, 6.45) is 12.0. The van der Waals surface area contributed by atoms with E-state index in [2.05, 4.69) is 26.4 Å². The van der Waals surface area contributed by atoms with E-state index in [9.17, 15) is 0 Å². The van der Waals surface area contributed by atoms with Crippen molar-refractivity contribution < 1.29 is 4.74 Å². The minimum atomic E-state index is 0.228. The number of rotatable bonds is 5. The van der Waals surface area contributed by atoms with Gasteiger partial charge in [-0.15, -0.1) is 17.8 Å². The van der Waals surface area contributed by atoms with Crippen molar-refractivity contribution in [2.75, 3.05) is 12.0 Å². The molecule has 6 heteroatoms. The first-order chi connectivity index (χ1) is 12.4. The zero-order valence-corrected chi connectivity index (χ0v) is 14.3. The molecule has 0 aliphatic heterocycles. The van der Waals surface area contributed by atoms with Crippen LogP contribution in [0.15, 0.2) is 35.7 Å². The maximum Gasteiger partial charge on any atom is 0.158 e. The molecule has 0 amide bonds. The summed E-state index contributed by atoms with van der Waals surface area (Å²) in [5, 5.41) is 5.45. The number of ether oxygens (including phenoxy) is 1. The number of hydrazone groups is 1. The Balaban J connectivity index is 1.59. The molecule has 1 aliphatic carbocycles. The number of aromatic nitrogens is 2. The monoisotopic (exact) mass is 348 g/mol. The molecule has 2 heterocycles. The standard InChI is InChI=1S/C19H16N4OS/c1-2-10-24-15-8-4-3-6-13(15)11-22-23-18-17-14-7-5-9-16(14)25-19(17)21-12-20-18/h1,3-4,6,8,11-12H,5,7,9-10H2,(H,20,21,23)/b22-11-. The quantitative estimate of drug-likeness (QED) is 0.434. The molecule has 1 aliphatic rings. The molecule has 124 valence electrons. The minimum Gasteiger partial charge on any atom is -0.480 e. The zero-order chi connectivity index (χ0) is 17.1. The fraction of sp³-hybridized carbons (Fsp3) is 0.211. The lowest BCUT2D eigenvalue weighted by molar-refractivity contribution is 0.370. The second-order valence-electron chi connectivity index (χ2n) is 5.66. The fourth-order valence-corrected chi connectivity index (χ4v) is 4.24. The van der Waals surface area contributed by atoms with Crippen LogP contribution in [0.2, 0.25) is 0 Å². The third kappa shape index (κ3) is 3.06. The summed E-state index contributed by atoms with van der Waals surface area (Å²) in [5.41, 5.74) is 5.29. The number of nitrogens with zero attached hydrogens (tertiary/aromatic N) is 3. The lowest BCUT2D eigenvalue weighted by Crippen LogP contribution is -1.99. The van der Waals surface area contributed by atoms with Crippen molar-refractivity contribution in [1.82, 2.24) is 9.97 Å². The normalized spacial score (nSPS) is 13.1. The van der Waals surface area contributed by atoms with Crippen LogP contribution in [0.25, 0.3) is 10.2 Å². The molecule has 0 saturated heterocycles. The topological polar surface area (TPSA) is 59.4 Å². The SMILES string of the molecule is C#CCOc1ccccc1/C=N\Nc1ncnc2sc3c(c12)CCC3. The van der Waals surface area contributed by atoms with Gasteiger partial charge in [-0.1, -0.05) is 18.1 Å². The Morgan fingerprint density at radius 3 is 3.16 bits per heavy atom. The van der Waals surface area contributed by atoms with Gasteiger partial charge in [-0.2, -0.15) is 5.10 Å². The molecule has 0 fully saturated rings. The predicted octanol–water partition coefficient (Wildman–Crippen LogP) is 3.64. The van der Waals surface area contributed by atoms with Crippen molar-refractivity contribution in [3.8, 4) is 18.1 Å². The van der Waals surface area contributed by atoms with E-state index in [0.29, 0.717) is 5.75 Å². The average molecular weight is 348 g/mol. The molecule has 4 rings (SSSR count). The number of aryl methyl sites for hydroxylation is 2. The lowest BCUT2D eigenvalue weighted by Gasteiger charge is -2.06. The largest absolute Gasteiger partial charge is 0.480 e. The van der Waals surface area contributed by atoms with Gasteiger partial charge in [0, 0.05) is 10.4 Å². The van der Waals surface area contributed by atoms with Crippen LogP contribution in [0.3, 0.4) is 0 Å². The summed E-state index contributed by atoms with van der Waals surface area (Å²) in [6.45, 7) is 0.228. The van der Waals surface area contributed by atoms with Gasteiger partial charge in [-0.05, 0) is 37.0 Å². The second kappa shape index (κ2) is 6.91. The average Bonchev–Trinajstić information content (AvgIpc) is 3.22. The van der Waals surface area contributed by atoms with E-state index in [0.717, 1.165) is 34.4 Å². The maximum atomic E-state index is 5.53. The number of fused-ring (bicyclic) bond motifs is 3. The molecular formula is C19H16N4OS. The van der Waals surface area contributed by atoms with E-state index in [1.54, 1.807) is 23.9 Å². The first-order valence-electron chi connectivity index (χ1n) is 8.06. The Morgan fingerprint density at radius 1 is 1.32 bits per heavy atom. The van der Waals surface area contributed by atoms with Crippen molar-refractivity contribution in [3.05, 3.63) is 46.6 Å². The molecule has 2 aromatic heterocycles. The molecule has 0 atom stereocenters. The number of anilines is 1. The molecule has 25 heavy (non-hydrogen) atoms. The van der Waals surface area contributed by atoms with Gasteiger partial charge in [-0.3, -0.25) is 5.43 Å². The summed E-state index contributed by atoms with van der Waals surface area (Å²) in [4.78, 5) is 11.2. The first kappa shape index (κ1) is 15.6. The van der Waals surface area contributed by atoms with Gasteiger partial charge in [0.2, 0.25) is 0 Å². The Kier molecular flexibility index (Phi) is 4.32. The summed E-state index contributed by atoms with van der Waals surface area (Å²) >= 11 is 1.76. The Hall–Kier alpha value is -2.91. The van der Waals surface area contributed by atoms with Gasteiger partial charge < -0.3 is 4.74 Å². The highest BCUT2D eigenvalue weighted by atomic mass is 32.1. The number of thiophene rings is 1. The molecular weight excluding hydrogens is 332 g/mol. The van der Waals surface area contributed by atoms with E-state index in [-0.39, 0.29) is 6.61 Å². The van der Waals surface area contributed by atoms with E-state index in [1.807, 2.05) is 24.3 Å². The Bertz CT molecular complexity index is 987. The number of hydrogen-bond donors (Lipinski definition) is 1. The van der Waals surface area contributed by atoms with E-state index in [1.165, 1.54) is 16.9 Å². The molecule has 1 aromatic carbocycles. The van der Waals surface area contributed by atoms with Crippen LogP contribution in [0.4, 0.5) is 5.82 Å². The minimum absolute atomic E-state index is 0.228. The van der Waals surface area contributed by atoms with Crippen LogP contribution in [0.1, 0.15) is 22.4 Å². The van der Waals surface area contributed by atoms with Crippen LogP contribution >= 0.6 is 11.3 Å². The van der Waals surface area contributed by atoms with Crippen molar-refractivity contribution in [2.24, 2.45) is 5.10 Å². The lowest BCUT2D eigenvalue weighted by atomic mass is 10.2. The van der Waals surface area contributed by atoms with Gasteiger partial charge in [0.15, 0.2) is 5.82 Å². The fourth-order valence-electron chi connectivity index (χ4n) is 3.01. The molecule has 0 bridgehead atoms. The van der Waals surface area contributed by atoms with Gasteiger partial charge >= 0.3 is 0 Å². The molecule has 0 unspecified atom stereocenters. The summed E-state index contributed by atoms with van der Waals surface area (Å²) < 4.78 is 5.53. The van der Waals surface area contributed by atoms with E-state index in [4.69, 9.17) is 11.2 Å². The molecule has 0 spiro atoms. The van der Waals surface area contributed by atoms with E-state index >= 15 is 0 Å². The van der Waals surface area contributed by atoms with Crippen LogP contribution in [-0.2, 0) is 12.8 Å². The second-order valence-corrected chi connectivity index (χ2v) is 6.74. The Morgan fingerprint density at radius 2 is 2.24 bits per heavy atom. The number of para-hydroxylation sites is 1. The Labute approximate surface area is 149 Å². The molecule has 0 saturated carbocycles. The predicted molar refractivity (Wildman–Crippen MR) is 101 cm³/mol. The third-order valence-corrected chi connectivity index (χ3v) is 5.31. The van der Waals surface area contributed by atoms with E-state index < -0.39 is 0 Å². The molecule has 3 aromatic rings. The number of terminal acetylenes is 1. The third-order valence-electron chi connectivity index (χ3n) is 4.11. The van der Waals surface area contributed by atoms with Gasteiger partial charge in [0.05, 0.1) is 11.6 Å². The van der Waals surface area contributed by atoms with Crippen molar-refractivity contribution in [2.45, 2.75) is 19.3 Å². The maximum absolute atomic E-state index is 5.53. The highest BCUT2D eigenvalue weighted by molar-refractivity contribution is 7.19. The smallest absolute Gasteiger partial charge is 0.158 e. The van der Waals surface area contributed by atoms with Crippen LogP contribution in [-0.4, -0.2) is 22.8 Å². The number of hydrogen-bond acceptors (Lipinski definition) is 6. The summed E-state index contributed by atoms with van der Waals surface area (Å²) in [5.74, 6) is 3.92. The molecule has 0 radical (unpaired) electrons. The molecule has 1 N–H and O–H groups in total. The summed E-state index contributed by atoms with van der Waals surface area (Å²) in [6, 6.07) is 7.63. The first-order valence-corrected chi connectivity index (χ1v) is 8.88. The van der Waals surface area contributed by atoms with Gasteiger partial charge in [0.1, 0.15) is 23.5 Å². The molecule has 5 nitrogen and oxygen atoms in total. The highest BCUT2D eigenvalue weighted by Crippen LogP contribution is 2.38. The van der Waals surface area contributed by atoms with Gasteiger partial charge in [0.25, 0.3) is 0 Å². The summed E-state index contributed by atoms with van der Waals surface area (Å²) in [7, 11) is 0. The van der Waals surface area contributed by atoms with Crippen LogP contribution in [0, 0.1) is 12.3 Å². The van der Waals surface area contributed by atoms with Crippen molar-refractivity contribution >= 4 is 33.6 Å². The highest BCUT2D eigenvalue weighted by Gasteiger charge is 2.20. The van der Waals surface area contributed by atoms with Crippen molar-refractivity contribution in [1.29, 1.82) is 0 Å². The van der Waals surface area contributed by atoms with Gasteiger partial charge in [-0.25, -0.2) is 9.97 Å². The van der Waals surface area contributed by atoms with Crippen molar-refractivity contribution in [3.63, 3.8) is 0 Å². The van der Waals surface area contributed by atoms with Crippen LogP contribution in [0.5, 0.6) is 5.75 Å². The number of nitrogens with one attached hydrogen (secondary N) is 1. The van der Waals surface area contributed by atoms with Crippen LogP contribution < -0.4 is 10.2 Å².